The Bertz CT molecular complexity index is 20.9. The first-order chi connectivity index (χ1) is 2.27. The summed E-state index contributed by atoms with van der Waals surface area (Å²) < 4.78 is 0.836. The van der Waals surface area contributed by atoms with Gasteiger partial charge in [0.2, 0.25) is 16.3 Å². The maximum Gasteiger partial charge on any atom is 0.233 e. The fourth-order valence-electron chi connectivity index (χ4n) is 0. The molecule has 0 aliphatic heterocycles. The molecule has 0 aromatic heterocycles. The number of hydrogen-bond acceptors (Lipinski definition) is 0. The monoisotopic (exact) mass is 150 g/mol. The Balaban J connectivity index is 2.54. The van der Waals surface area contributed by atoms with Gasteiger partial charge in [0.1, 0.15) is 0 Å². The lowest BCUT2D eigenvalue weighted by Crippen LogP contribution is -1.89. The van der Waals surface area contributed by atoms with E-state index in [1.165, 1.54) is 22.7 Å². The van der Waals surface area contributed by atoms with Crippen LogP contribution in [0.3, 0.4) is 0 Å². The third-order valence-corrected chi connectivity index (χ3v) is 2.03. The summed E-state index contributed by atoms with van der Waals surface area (Å²) in [4.78, 5) is 0. The fourth-order valence-corrected chi connectivity index (χ4v) is 0. The Morgan fingerprint density at radius 3 is 2.20 bits per heavy atom. The van der Waals surface area contributed by atoms with Crippen molar-refractivity contribution >= 4 is 32.2 Å². The quantitative estimate of drug-likeness (QED) is 0.383. The minimum atomic E-state index is 0.836. The second-order valence-electron chi connectivity index (χ2n) is 1.19. The van der Waals surface area contributed by atoms with Crippen LogP contribution in [0.15, 0.2) is 0 Å². The highest BCUT2D eigenvalue weighted by atomic mass is 79.9. The first-order valence-corrected chi connectivity index (χ1v) is 3.98. The standard InChI is InChI=1S/C3H6Br.Al.2H/c1-2-3-4;;;/h3H,2H2,1H3;;;. The van der Waals surface area contributed by atoms with Gasteiger partial charge >= 0.3 is 0 Å². The molecule has 1 unspecified atom stereocenters. The highest BCUT2D eigenvalue weighted by Gasteiger charge is 1.84. The molecule has 0 nitrogen and oxygen atoms in total. The molecule has 0 aliphatic rings. The fraction of sp³-hybridized carbons (Fsp3) is 1.00. The molecule has 0 spiro atoms. The van der Waals surface area contributed by atoms with E-state index in [-0.39, 0.29) is 0 Å². The van der Waals surface area contributed by atoms with Gasteiger partial charge in [-0.25, -0.2) is 0 Å². The van der Waals surface area contributed by atoms with E-state index >= 15 is 0 Å². The summed E-state index contributed by atoms with van der Waals surface area (Å²) in [6.07, 6.45) is 1.28. The van der Waals surface area contributed by atoms with Gasteiger partial charge < -0.3 is 0 Å². The predicted molar refractivity (Wildman–Crippen MR) is 31.5 cm³/mol. The van der Waals surface area contributed by atoms with Crippen molar-refractivity contribution in [3.63, 3.8) is 0 Å². The van der Waals surface area contributed by atoms with Gasteiger partial charge in [-0.15, -0.1) is 15.9 Å². The van der Waals surface area contributed by atoms with Crippen LogP contribution in [0.25, 0.3) is 0 Å². The predicted octanol–water partition coefficient (Wildman–Crippen LogP) is 0.750. The molecule has 0 N–H and O–H groups in total. The highest BCUT2D eigenvalue weighted by molar-refractivity contribution is 9.10. The van der Waals surface area contributed by atoms with Crippen LogP contribution in [0, 0.1) is 0 Å². The number of hydrogen-bond donors (Lipinski definition) is 0. The van der Waals surface area contributed by atoms with Gasteiger partial charge in [-0.2, -0.15) is 0 Å². The lowest BCUT2D eigenvalue weighted by atomic mass is 10.6. The molecule has 2 heteroatoms. The molecule has 0 aromatic carbocycles. The Morgan fingerprint density at radius 1 is 2.00 bits per heavy atom. The molecular weight excluding hydrogens is 143 g/mol. The van der Waals surface area contributed by atoms with E-state index in [2.05, 4.69) is 22.9 Å². The number of alkyl halides is 1. The van der Waals surface area contributed by atoms with Crippen molar-refractivity contribution < 1.29 is 0 Å². The third-order valence-electron chi connectivity index (χ3n) is 0.563. The van der Waals surface area contributed by atoms with E-state index in [0.29, 0.717) is 0 Å². The maximum atomic E-state index is 3.43. The Morgan fingerprint density at radius 2 is 2.20 bits per heavy atom. The first kappa shape index (κ1) is 6.01. The number of rotatable bonds is 1. The van der Waals surface area contributed by atoms with Gasteiger partial charge in [-0.1, -0.05) is 13.3 Å². The second kappa shape index (κ2) is 3.21. The summed E-state index contributed by atoms with van der Waals surface area (Å²) in [5.74, 6) is 0. The Kier molecular flexibility index (Phi) is 3.86. The van der Waals surface area contributed by atoms with Gasteiger partial charge in [-0.3, -0.25) is 0 Å². The normalized spacial score (nSPS) is 14.8. The van der Waals surface area contributed by atoms with Crippen LogP contribution < -0.4 is 0 Å². The van der Waals surface area contributed by atoms with Crippen LogP contribution in [-0.4, -0.2) is 20.0 Å². The minimum Gasteiger partial charge on any atom is -0.106 e. The molecule has 0 aliphatic carbocycles. The molecule has 0 saturated heterocycles. The van der Waals surface area contributed by atoms with Gasteiger partial charge in [0.15, 0.2) is 0 Å². The summed E-state index contributed by atoms with van der Waals surface area (Å²) in [6, 6.07) is 0. The van der Waals surface area contributed by atoms with Crippen molar-refractivity contribution in [2.75, 3.05) is 0 Å². The molecule has 1 atom stereocenters. The summed E-state index contributed by atoms with van der Waals surface area (Å²) in [7, 11) is 0. The average Bonchev–Trinajstić information content (AvgIpc) is 1.38. The zero-order valence-corrected chi connectivity index (χ0v) is 7.25. The maximum absolute atomic E-state index is 3.43. The van der Waals surface area contributed by atoms with Crippen molar-refractivity contribution in [2.24, 2.45) is 0 Å². The van der Waals surface area contributed by atoms with Crippen LogP contribution >= 0.6 is 15.9 Å². The Labute approximate surface area is 49.5 Å². The van der Waals surface area contributed by atoms with Crippen molar-refractivity contribution in [1.29, 1.82) is 0 Å². The van der Waals surface area contributed by atoms with E-state index < -0.39 is 0 Å². The van der Waals surface area contributed by atoms with Crippen LogP contribution in [0.2, 0.25) is 0 Å². The van der Waals surface area contributed by atoms with Gasteiger partial charge in [-0.05, 0) is 3.69 Å². The molecule has 0 rings (SSSR count). The van der Waals surface area contributed by atoms with Crippen molar-refractivity contribution in [3.8, 4) is 0 Å². The molecule has 0 saturated carbocycles. The minimum absolute atomic E-state index is 0.836. The molecule has 5 heavy (non-hydrogen) atoms. The lowest BCUT2D eigenvalue weighted by molar-refractivity contribution is 1.06. The summed E-state index contributed by atoms with van der Waals surface area (Å²) in [6.45, 7) is 2.19. The van der Waals surface area contributed by atoms with Crippen molar-refractivity contribution in [3.05, 3.63) is 0 Å². The van der Waals surface area contributed by atoms with Gasteiger partial charge in [0, 0.05) is 0 Å². The smallest absolute Gasteiger partial charge is 0.106 e. The SMILES string of the molecule is CC[CH]([AlH2])Br. The molecule has 0 heterocycles. The highest BCUT2D eigenvalue weighted by Crippen LogP contribution is 1.94. The van der Waals surface area contributed by atoms with E-state index in [9.17, 15) is 0 Å². The summed E-state index contributed by atoms with van der Waals surface area (Å²) in [5.41, 5.74) is 0. The third kappa shape index (κ3) is 5.01. The van der Waals surface area contributed by atoms with E-state index in [1.807, 2.05) is 0 Å². The van der Waals surface area contributed by atoms with Crippen LogP contribution in [-0.2, 0) is 0 Å². The van der Waals surface area contributed by atoms with Crippen LogP contribution in [0.1, 0.15) is 13.3 Å². The molecule has 0 bridgehead atoms. The van der Waals surface area contributed by atoms with Gasteiger partial charge in [0.25, 0.3) is 0 Å². The first-order valence-electron chi connectivity index (χ1n) is 1.91. The molecule has 0 amide bonds. The average molecular weight is 151 g/mol. The topological polar surface area (TPSA) is 0 Å². The van der Waals surface area contributed by atoms with Gasteiger partial charge in [0.05, 0.1) is 0 Å². The molecule has 0 aromatic rings. The van der Waals surface area contributed by atoms with E-state index in [0.717, 1.165) is 3.69 Å². The van der Waals surface area contributed by atoms with Crippen molar-refractivity contribution in [2.45, 2.75) is 17.0 Å². The van der Waals surface area contributed by atoms with Crippen molar-refractivity contribution in [1.82, 2.24) is 0 Å². The molecule has 0 radical (unpaired) electrons. The Hall–Kier alpha value is 1.01. The summed E-state index contributed by atoms with van der Waals surface area (Å²) >= 11 is 4.72. The van der Waals surface area contributed by atoms with Crippen LogP contribution in [0.4, 0.5) is 0 Å². The lowest BCUT2D eigenvalue weighted by Gasteiger charge is -1.87. The molecule has 0 fully saturated rings. The van der Waals surface area contributed by atoms with Crippen LogP contribution in [0.5, 0.6) is 0 Å². The largest absolute Gasteiger partial charge is 0.233 e. The molecular formula is C3H8AlBr. The van der Waals surface area contributed by atoms with E-state index in [4.69, 9.17) is 0 Å². The van der Waals surface area contributed by atoms with E-state index in [1.54, 1.807) is 0 Å². The zero-order valence-electron chi connectivity index (χ0n) is 3.66. The number of halogens is 1. The molecule has 30 valence electrons. The summed E-state index contributed by atoms with van der Waals surface area (Å²) in [5, 5.41) is 0. The second-order valence-corrected chi connectivity index (χ2v) is 5.84. The zero-order chi connectivity index (χ0) is 4.28.